The van der Waals surface area contributed by atoms with Gasteiger partial charge in [0.25, 0.3) is 0 Å². The second kappa shape index (κ2) is 5.51. The monoisotopic (exact) mass is 281 g/mol. The number of halogens is 1. The van der Waals surface area contributed by atoms with Gasteiger partial charge in [-0.1, -0.05) is 22.0 Å². The largest absolute Gasteiger partial charge is 0.381 e. The number of hydrogen-bond donors (Lipinski definition) is 1. The second-order valence-corrected chi connectivity index (χ2v) is 4.93. The molecule has 1 heterocycles. The Bertz CT molecular complexity index is 401. The Balaban J connectivity index is 1.96. The van der Waals surface area contributed by atoms with Crippen LogP contribution in [-0.4, -0.2) is 19.8 Å². The van der Waals surface area contributed by atoms with E-state index in [-0.39, 0.29) is 0 Å². The molecule has 0 fully saturated rings. The molecular weight excluding hydrogens is 266 g/mol. The van der Waals surface area contributed by atoms with Gasteiger partial charge in [-0.2, -0.15) is 0 Å². The van der Waals surface area contributed by atoms with Crippen molar-refractivity contribution in [3.05, 3.63) is 39.9 Å². The van der Waals surface area contributed by atoms with E-state index >= 15 is 0 Å². The van der Waals surface area contributed by atoms with Crippen molar-refractivity contribution < 1.29 is 4.74 Å². The van der Waals surface area contributed by atoms with Crippen molar-refractivity contribution in [1.82, 2.24) is 0 Å². The summed E-state index contributed by atoms with van der Waals surface area (Å²) >= 11 is 3.46. The number of benzene rings is 1. The number of anilines is 1. The van der Waals surface area contributed by atoms with E-state index in [1.54, 1.807) is 0 Å². The molecule has 0 unspecified atom stereocenters. The lowest BCUT2D eigenvalue weighted by Crippen LogP contribution is -2.14. The first-order valence-corrected chi connectivity index (χ1v) is 6.30. The van der Waals surface area contributed by atoms with E-state index in [4.69, 9.17) is 4.74 Å². The molecule has 0 spiro atoms. The third kappa shape index (κ3) is 3.09. The molecule has 16 heavy (non-hydrogen) atoms. The third-order valence-electron chi connectivity index (χ3n) is 2.68. The highest BCUT2D eigenvalue weighted by atomic mass is 79.9. The molecule has 0 aromatic heterocycles. The fourth-order valence-electron chi connectivity index (χ4n) is 1.77. The molecule has 1 aromatic carbocycles. The zero-order valence-corrected chi connectivity index (χ0v) is 11.0. The molecule has 0 saturated heterocycles. The molecule has 1 N–H and O–H groups in total. The lowest BCUT2D eigenvalue weighted by molar-refractivity contribution is 0.150. The Morgan fingerprint density at radius 1 is 1.44 bits per heavy atom. The van der Waals surface area contributed by atoms with Gasteiger partial charge in [-0.05, 0) is 42.7 Å². The highest BCUT2D eigenvalue weighted by Crippen LogP contribution is 2.20. The maximum absolute atomic E-state index is 5.40. The minimum absolute atomic E-state index is 0.766. The van der Waals surface area contributed by atoms with Crippen LogP contribution in [0.15, 0.2) is 34.3 Å². The Labute approximate surface area is 105 Å². The highest BCUT2D eigenvalue weighted by molar-refractivity contribution is 9.10. The lowest BCUT2D eigenvalue weighted by Gasteiger charge is -2.16. The molecule has 86 valence electrons. The van der Waals surface area contributed by atoms with Gasteiger partial charge < -0.3 is 10.1 Å². The van der Waals surface area contributed by atoms with E-state index in [1.807, 2.05) is 0 Å². The Morgan fingerprint density at radius 3 is 3.00 bits per heavy atom. The van der Waals surface area contributed by atoms with Crippen LogP contribution >= 0.6 is 15.9 Å². The zero-order valence-electron chi connectivity index (χ0n) is 9.42. The lowest BCUT2D eigenvalue weighted by atomic mass is 10.1. The van der Waals surface area contributed by atoms with Gasteiger partial charge in [0, 0.05) is 16.7 Å². The van der Waals surface area contributed by atoms with Crippen LogP contribution in [0, 0.1) is 6.92 Å². The number of ether oxygens (including phenoxy) is 1. The van der Waals surface area contributed by atoms with Crippen LogP contribution in [0.25, 0.3) is 0 Å². The van der Waals surface area contributed by atoms with Crippen molar-refractivity contribution in [2.24, 2.45) is 0 Å². The molecule has 3 heteroatoms. The molecule has 0 aliphatic carbocycles. The van der Waals surface area contributed by atoms with Gasteiger partial charge in [0.15, 0.2) is 0 Å². The molecule has 2 nitrogen and oxygen atoms in total. The van der Waals surface area contributed by atoms with Crippen LogP contribution in [-0.2, 0) is 4.74 Å². The van der Waals surface area contributed by atoms with Gasteiger partial charge in [0.1, 0.15) is 0 Å². The third-order valence-corrected chi connectivity index (χ3v) is 3.17. The van der Waals surface area contributed by atoms with Crippen molar-refractivity contribution in [3.63, 3.8) is 0 Å². The fourth-order valence-corrected chi connectivity index (χ4v) is 2.24. The first kappa shape index (κ1) is 11.7. The van der Waals surface area contributed by atoms with E-state index < -0.39 is 0 Å². The number of hydrogen-bond acceptors (Lipinski definition) is 2. The standard InChI is InChI=1S/C13H16BrNO/c1-10-7-12(14)4-5-13(10)15-8-11-3-2-6-16-9-11/h3-5,7,15H,2,6,8-9H2,1H3. The maximum Gasteiger partial charge on any atom is 0.0693 e. The average Bonchev–Trinajstić information content (AvgIpc) is 2.29. The summed E-state index contributed by atoms with van der Waals surface area (Å²) in [5.41, 5.74) is 3.79. The van der Waals surface area contributed by atoms with Crippen LogP contribution in [0.5, 0.6) is 0 Å². The molecule has 0 radical (unpaired) electrons. The number of nitrogens with one attached hydrogen (secondary N) is 1. The smallest absolute Gasteiger partial charge is 0.0693 e. The normalized spacial score (nSPS) is 15.8. The Morgan fingerprint density at radius 2 is 2.31 bits per heavy atom. The maximum atomic E-state index is 5.40. The van der Waals surface area contributed by atoms with Crippen LogP contribution < -0.4 is 5.32 Å². The minimum atomic E-state index is 0.766. The van der Waals surface area contributed by atoms with Gasteiger partial charge in [-0.3, -0.25) is 0 Å². The molecule has 0 atom stereocenters. The van der Waals surface area contributed by atoms with Gasteiger partial charge in [0.2, 0.25) is 0 Å². The predicted molar refractivity (Wildman–Crippen MR) is 70.9 cm³/mol. The van der Waals surface area contributed by atoms with Crippen LogP contribution in [0.4, 0.5) is 5.69 Å². The topological polar surface area (TPSA) is 21.3 Å². The molecular formula is C13H16BrNO. The average molecular weight is 282 g/mol. The van der Waals surface area contributed by atoms with Gasteiger partial charge >= 0.3 is 0 Å². The van der Waals surface area contributed by atoms with E-state index in [0.717, 1.165) is 30.7 Å². The molecule has 1 aliphatic heterocycles. The highest BCUT2D eigenvalue weighted by Gasteiger charge is 2.04. The summed E-state index contributed by atoms with van der Waals surface area (Å²) < 4.78 is 6.53. The fraction of sp³-hybridized carbons (Fsp3) is 0.385. The summed E-state index contributed by atoms with van der Waals surface area (Å²) in [6.45, 7) is 4.62. The first-order valence-electron chi connectivity index (χ1n) is 5.51. The second-order valence-electron chi connectivity index (χ2n) is 4.02. The van der Waals surface area contributed by atoms with Crippen molar-refractivity contribution in [2.75, 3.05) is 25.1 Å². The first-order chi connectivity index (χ1) is 7.75. The summed E-state index contributed by atoms with van der Waals surface area (Å²) in [4.78, 5) is 0. The molecule has 1 aliphatic rings. The molecule has 0 bridgehead atoms. The molecule has 0 amide bonds. The van der Waals surface area contributed by atoms with Gasteiger partial charge in [-0.15, -0.1) is 0 Å². The van der Waals surface area contributed by atoms with E-state index in [1.165, 1.54) is 16.8 Å². The minimum Gasteiger partial charge on any atom is -0.381 e. The summed E-state index contributed by atoms with van der Waals surface area (Å²) in [5.74, 6) is 0. The number of rotatable bonds is 3. The van der Waals surface area contributed by atoms with Crippen LogP contribution in [0.3, 0.4) is 0 Å². The zero-order chi connectivity index (χ0) is 11.4. The predicted octanol–water partition coefficient (Wildman–Crippen LogP) is 3.52. The van der Waals surface area contributed by atoms with E-state index in [9.17, 15) is 0 Å². The molecule has 0 saturated carbocycles. The van der Waals surface area contributed by atoms with Crippen molar-refractivity contribution in [3.8, 4) is 0 Å². The Hall–Kier alpha value is -0.800. The summed E-state index contributed by atoms with van der Waals surface area (Å²) in [6, 6.07) is 6.28. The van der Waals surface area contributed by atoms with Gasteiger partial charge in [-0.25, -0.2) is 0 Å². The molecule has 2 rings (SSSR count). The van der Waals surface area contributed by atoms with Crippen molar-refractivity contribution >= 4 is 21.6 Å². The summed E-state index contributed by atoms with van der Waals surface area (Å²) in [5, 5.41) is 3.44. The summed E-state index contributed by atoms with van der Waals surface area (Å²) in [7, 11) is 0. The van der Waals surface area contributed by atoms with Crippen LogP contribution in [0.1, 0.15) is 12.0 Å². The Kier molecular flexibility index (Phi) is 4.02. The van der Waals surface area contributed by atoms with E-state index in [0.29, 0.717) is 0 Å². The SMILES string of the molecule is Cc1cc(Br)ccc1NCC1=CCCOC1. The molecule has 1 aromatic rings. The number of aryl methyl sites for hydroxylation is 1. The summed E-state index contributed by atoms with van der Waals surface area (Å²) in [6.07, 6.45) is 3.31. The van der Waals surface area contributed by atoms with E-state index in [2.05, 4.69) is 52.4 Å². The quantitative estimate of drug-likeness (QED) is 0.856. The van der Waals surface area contributed by atoms with Crippen LogP contribution in [0.2, 0.25) is 0 Å². The van der Waals surface area contributed by atoms with Crippen molar-refractivity contribution in [2.45, 2.75) is 13.3 Å². The van der Waals surface area contributed by atoms with Crippen molar-refractivity contribution in [1.29, 1.82) is 0 Å². The van der Waals surface area contributed by atoms with Gasteiger partial charge in [0.05, 0.1) is 13.2 Å².